The summed E-state index contributed by atoms with van der Waals surface area (Å²) in [5.74, 6) is 0.478. The minimum Gasteiger partial charge on any atom is -0.483 e. The molecule has 2 rings (SSSR count). The molecule has 2 aromatic carbocycles. The predicted octanol–water partition coefficient (Wildman–Crippen LogP) is 6.59. The van der Waals surface area contributed by atoms with Crippen LogP contribution < -0.4 is 10.1 Å². The lowest BCUT2D eigenvalue weighted by Gasteiger charge is -2.30. The summed E-state index contributed by atoms with van der Waals surface area (Å²) in [5.41, 5.74) is 1.95. The van der Waals surface area contributed by atoms with Gasteiger partial charge < -0.3 is 15.0 Å². The van der Waals surface area contributed by atoms with Gasteiger partial charge in [-0.25, -0.2) is 0 Å². The average Bonchev–Trinajstić information content (AvgIpc) is 2.78. The van der Waals surface area contributed by atoms with Gasteiger partial charge in [0.1, 0.15) is 11.8 Å². The van der Waals surface area contributed by atoms with Crippen LogP contribution in [0.15, 0.2) is 40.9 Å². The van der Waals surface area contributed by atoms with E-state index < -0.39 is 6.04 Å². The molecule has 0 fully saturated rings. The highest BCUT2D eigenvalue weighted by atomic mass is 79.9. The molecule has 0 bridgehead atoms. The van der Waals surface area contributed by atoms with E-state index in [0.29, 0.717) is 34.7 Å². The number of hydrogen-bond acceptors (Lipinski definition) is 3. The lowest BCUT2D eigenvalue weighted by atomic mass is 10.0. The Morgan fingerprint density at radius 3 is 2.39 bits per heavy atom. The molecule has 8 heteroatoms. The van der Waals surface area contributed by atoms with E-state index in [1.54, 1.807) is 23.1 Å². The Bertz CT molecular complexity index is 969. The Morgan fingerprint density at radius 2 is 1.82 bits per heavy atom. The average molecular weight is 558 g/mol. The first-order valence-corrected chi connectivity index (χ1v) is 12.7. The van der Waals surface area contributed by atoms with Gasteiger partial charge in [-0.05, 0) is 70.1 Å². The third kappa shape index (κ3) is 7.90. The molecule has 2 amide bonds. The third-order valence-corrected chi connectivity index (χ3v) is 6.60. The Labute approximate surface area is 214 Å². The first kappa shape index (κ1) is 27.5. The van der Waals surface area contributed by atoms with Crippen molar-refractivity contribution < 1.29 is 14.3 Å². The van der Waals surface area contributed by atoms with Crippen LogP contribution in [0.4, 0.5) is 0 Å². The van der Waals surface area contributed by atoms with E-state index in [4.69, 9.17) is 27.9 Å². The highest BCUT2D eigenvalue weighted by Gasteiger charge is 2.29. The van der Waals surface area contributed by atoms with Crippen LogP contribution >= 0.6 is 39.1 Å². The summed E-state index contributed by atoms with van der Waals surface area (Å²) >= 11 is 15.7. The molecule has 0 aliphatic rings. The molecule has 0 radical (unpaired) electrons. The van der Waals surface area contributed by atoms with Crippen LogP contribution in [0, 0.1) is 0 Å². The Balaban J connectivity index is 2.24. The zero-order chi connectivity index (χ0) is 24.5. The fourth-order valence-electron chi connectivity index (χ4n) is 3.34. The molecule has 0 saturated carbocycles. The number of ether oxygens (including phenoxy) is 1. The second-order valence-electron chi connectivity index (χ2n) is 8.12. The highest BCUT2D eigenvalue weighted by Crippen LogP contribution is 2.29. The molecule has 0 aliphatic heterocycles. The summed E-state index contributed by atoms with van der Waals surface area (Å²) in [4.78, 5) is 27.6. The maximum absolute atomic E-state index is 13.3. The van der Waals surface area contributed by atoms with Gasteiger partial charge in [0.05, 0.1) is 14.5 Å². The molecular formula is C25H31BrCl2N2O3. The van der Waals surface area contributed by atoms with Crippen LogP contribution in [0.1, 0.15) is 57.6 Å². The molecule has 1 N–H and O–H groups in total. The maximum Gasteiger partial charge on any atom is 0.261 e. The predicted molar refractivity (Wildman–Crippen MR) is 138 cm³/mol. The molecule has 0 unspecified atom stereocenters. The van der Waals surface area contributed by atoms with Crippen molar-refractivity contribution in [3.05, 3.63) is 62.0 Å². The van der Waals surface area contributed by atoms with E-state index in [9.17, 15) is 9.59 Å². The highest BCUT2D eigenvalue weighted by molar-refractivity contribution is 9.10. The summed E-state index contributed by atoms with van der Waals surface area (Å²) in [6.45, 7) is 8.66. The third-order valence-electron chi connectivity index (χ3n) is 5.25. The van der Waals surface area contributed by atoms with Crippen molar-refractivity contribution in [2.75, 3.05) is 13.2 Å². The van der Waals surface area contributed by atoms with Crippen LogP contribution in [0.25, 0.3) is 0 Å². The van der Waals surface area contributed by atoms with Crippen LogP contribution in [-0.4, -0.2) is 35.9 Å². The molecule has 180 valence electrons. The molecule has 0 saturated heterocycles. The zero-order valence-corrected chi connectivity index (χ0v) is 22.6. The summed E-state index contributed by atoms with van der Waals surface area (Å²) < 4.78 is 6.62. The minimum atomic E-state index is -0.631. The fourth-order valence-corrected chi connectivity index (χ4v) is 4.17. The molecule has 33 heavy (non-hydrogen) atoms. The van der Waals surface area contributed by atoms with Gasteiger partial charge in [-0.15, -0.1) is 0 Å². The van der Waals surface area contributed by atoms with Crippen LogP contribution in [-0.2, 0) is 16.1 Å². The molecule has 5 nitrogen and oxygen atoms in total. The van der Waals surface area contributed by atoms with Gasteiger partial charge in [-0.2, -0.15) is 0 Å². The number of carbonyl (C=O) groups excluding carboxylic acids is 2. The Hall–Kier alpha value is -1.76. The Kier molecular flexibility index (Phi) is 11.0. The minimum absolute atomic E-state index is 0.185. The van der Waals surface area contributed by atoms with Gasteiger partial charge in [0.25, 0.3) is 5.91 Å². The van der Waals surface area contributed by atoms with Gasteiger partial charge in [0.2, 0.25) is 5.91 Å². The topological polar surface area (TPSA) is 58.6 Å². The Morgan fingerprint density at radius 1 is 1.09 bits per heavy atom. The summed E-state index contributed by atoms with van der Waals surface area (Å²) in [6.07, 6.45) is 1.28. The van der Waals surface area contributed by atoms with Crippen molar-refractivity contribution in [3.8, 4) is 5.75 Å². The van der Waals surface area contributed by atoms with E-state index in [1.165, 1.54) is 5.56 Å². The standard InChI is InChI=1S/C25H31BrCl2N2O3/c1-5-11-29-25(32)22(6-2)30(14-17-7-9-20(27)21(28)12-17)24(31)15-33-23-10-8-18(16(3)4)13-19(23)26/h7-10,12-13,16,22H,5-6,11,14-15H2,1-4H3,(H,29,32)/t22-/m1/s1. The lowest BCUT2D eigenvalue weighted by Crippen LogP contribution is -2.50. The van der Waals surface area contributed by atoms with Gasteiger partial charge in [0, 0.05) is 13.1 Å². The van der Waals surface area contributed by atoms with Crippen LogP contribution in [0.2, 0.25) is 10.0 Å². The van der Waals surface area contributed by atoms with Crippen molar-refractivity contribution in [2.45, 2.75) is 59.0 Å². The quantitative estimate of drug-likeness (QED) is 0.339. The maximum atomic E-state index is 13.3. The summed E-state index contributed by atoms with van der Waals surface area (Å²) in [7, 11) is 0. The lowest BCUT2D eigenvalue weighted by molar-refractivity contribution is -0.143. The number of hydrogen-bond donors (Lipinski definition) is 1. The van der Waals surface area contributed by atoms with E-state index in [1.807, 2.05) is 32.0 Å². The first-order chi connectivity index (χ1) is 15.7. The van der Waals surface area contributed by atoms with E-state index >= 15 is 0 Å². The molecular weight excluding hydrogens is 527 g/mol. The largest absolute Gasteiger partial charge is 0.483 e. The van der Waals surface area contributed by atoms with Crippen molar-refractivity contribution in [1.29, 1.82) is 0 Å². The summed E-state index contributed by atoms with van der Waals surface area (Å²) in [5, 5.41) is 3.73. The van der Waals surface area contributed by atoms with E-state index in [0.717, 1.165) is 16.5 Å². The number of rotatable bonds is 11. The summed E-state index contributed by atoms with van der Waals surface area (Å²) in [6, 6.07) is 10.4. The van der Waals surface area contributed by atoms with Gasteiger partial charge in [-0.1, -0.05) is 63.0 Å². The zero-order valence-electron chi connectivity index (χ0n) is 19.5. The van der Waals surface area contributed by atoms with Crippen molar-refractivity contribution in [3.63, 3.8) is 0 Å². The van der Waals surface area contributed by atoms with Gasteiger partial charge in [0.15, 0.2) is 6.61 Å². The number of nitrogens with one attached hydrogen (secondary N) is 1. The van der Waals surface area contributed by atoms with E-state index in [-0.39, 0.29) is 25.0 Å². The SMILES string of the molecule is CCCNC(=O)[C@@H](CC)N(Cc1ccc(Cl)c(Cl)c1)C(=O)COc1ccc(C(C)C)cc1Br. The molecule has 0 heterocycles. The van der Waals surface area contributed by atoms with Crippen LogP contribution in [0.3, 0.4) is 0 Å². The number of carbonyl (C=O) groups is 2. The van der Waals surface area contributed by atoms with Crippen molar-refractivity contribution in [2.24, 2.45) is 0 Å². The second kappa shape index (κ2) is 13.2. The molecule has 1 atom stereocenters. The number of benzene rings is 2. The van der Waals surface area contributed by atoms with Gasteiger partial charge in [-0.3, -0.25) is 9.59 Å². The second-order valence-corrected chi connectivity index (χ2v) is 9.79. The fraction of sp³-hybridized carbons (Fsp3) is 0.440. The van der Waals surface area contributed by atoms with Crippen LogP contribution in [0.5, 0.6) is 5.75 Å². The van der Waals surface area contributed by atoms with Gasteiger partial charge >= 0.3 is 0 Å². The van der Waals surface area contributed by atoms with Crippen molar-refractivity contribution in [1.82, 2.24) is 10.2 Å². The number of nitrogens with zero attached hydrogens (tertiary/aromatic N) is 1. The normalized spacial score (nSPS) is 11.9. The first-order valence-electron chi connectivity index (χ1n) is 11.1. The van der Waals surface area contributed by atoms with E-state index in [2.05, 4.69) is 35.1 Å². The number of halogens is 3. The van der Waals surface area contributed by atoms with Crippen molar-refractivity contribution >= 4 is 50.9 Å². The smallest absolute Gasteiger partial charge is 0.261 e. The monoisotopic (exact) mass is 556 g/mol. The number of amides is 2. The molecule has 0 spiro atoms. The molecule has 0 aliphatic carbocycles. The molecule has 2 aromatic rings. The molecule has 0 aromatic heterocycles.